The number of nitrogens with one attached hydrogen (secondary N) is 3. The van der Waals surface area contributed by atoms with E-state index in [2.05, 4.69) is 32.7 Å². The summed E-state index contributed by atoms with van der Waals surface area (Å²) in [6.07, 6.45) is 6.04. The molecule has 1 aliphatic carbocycles. The average Bonchev–Trinajstić information content (AvgIpc) is 3.11. The van der Waals surface area contributed by atoms with Crippen molar-refractivity contribution in [2.45, 2.75) is 32.1 Å². The number of fused-ring (bicyclic) bond motifs is 1. The van der Waals surface area contributed by atoms with E-state index < -0.39 is 0 Å². The van der Waals surface area contributed by atoms with Crippen LogP contribution in [0.4, 0.5) is 0 Å². The third-order valence-corrected chi connectivity index (χ3v) is 5.70. The van der Waals surface area contributed by atoms with Gasteiger partial charge in [-0.3, -0.25) is 9.59 Å². The molecule has 1 heterocycles. The van der Waals surface area contributed by atoms with Gasteiger partial charge in [0.2, 0.25) is 11.8 Å². The Morgan fingerprint density at radius 1 is 1.00 bits per heavy atom. The molecule has 2 amide bonds. The van der Waals surface area contributed by atoms with Gasteiger partial charge in [-0.25, -0.2) is 0 Å². The van der Waals surface area contributed by atoms with Crippen LogP contribution < -0.4 is 10.6 Å². The van der Waals surface area contributed by atoms with Crippen LogP contribution in [-0.4, -0.2) is 55.4 Å². The first-order valence-corrected chi connectivity index (χ1v) is 10.3. The lowest BCUT2D eigenvalue weighted by molar-refractivity contribution is -0.130. The number of aromatic nitrogens is 1. The molecule has 3 rings (SSSR count). The number of benzene rings is 1. The van der Waals surface area contributed by atoms with Crippen LogP contribution in [-0.2, 0) is 16.0 Å². The van der Waals surface area contributed by atoms with E-state index >= 15 is 0 Å². The van der Waals surface area contributed by atoms with Crippen molar-refractivity contribution in [1.82, 2.24) is 20.5 Å². The number of nitrogens with zero attached hydrogens (tertiary/aromatic N) is 1. The molecular formula is C22H32N4O2. The highest BCUT2D eigenvalue weighted by Crippen LogP contribution is 2.29. The monoisotopic (exact) mass is 384 g/mol. The lowest BCUT2D eigenvalue weighted by Gasteiger charge is -2.27. The van der Waals surface area contributed by atoms with Crippen molar-refractivity contribution in [1.29, 1.82) is 0 Å². The number of carbonyl (C=O) groups is 2. The second-order valence-electron chi connectivity index (χ2n) is 8.04. The quantitative estimate of drug-likeness (QED) is 0.654. The summed E-state index contributed by atoms with van der Waals surface area (Å²) >= 11 is 0. The minimum absolute atomic E-state index is 0.0359. The number of rotatable bonds is 8. The zero-order valence-electron chi connectivity index (χ0n) is 17.0. The first kappa shape index (κ1) is 20.4. The normalized spacial score (nSPS) is 19.7. The van der Waals surface area contributed by atoms with Gasteiger partial charge in [-0.15, -0.1) is 0 Å². The Bertz CT molecular complexity index is 791. The molecule has 0 spiro atoms. The van der Waals surface area contributed by atoms with E-state index in [0.29, 0.717) is 13.1 Å². The fourth-order valence-corrected chi connectivity index (χ4v) is 3.97. The smallest absolute Gasteiger partial charge is 0.223 e. The lowest BCUT2D eigenvalue weighted by atomic mass is 9.81. The number of carbonyl (C=O) groups excluding carboxylic acids is 2. The molecule has 1 aromatic heterocycles. The lowest BCUT2D eigenvalue weighted by Crippen LogP contribution is -2.39. The van der Waals surface area contributed by atoms with Gasteiger partial charge in [0.1, 0.15) is 0 Å². The van der Waals surface area contributed by atoms with Gasteiger partial charge in [-0.2, -0.15) is 0 Å². The summed E-state index contributed by atoms with van der Waals surface area (Å²) in [5, 5.41) is 7.32. The van der Waals surface area contributed by atoms with Crippen LogP contribution in [0.15, 0.2) is 30.5 Å². The fraction of sp³-hybridized carbons (Fsp3) is 0.545. The molecule has 0 atom stereocenters. The van der Waals surface area contributed by atoms with Crippen molar-refractivity contribution in [2.24, 2.45) is 11.8 Å². The first-order valence-electron chi connectivity index (χ1n) is 10.3. The number of aromatic amines is 1. The number of H-pyrrole nitrogens is 1. The molecule has 3 N–H and O–H groups in total. The Labute approximate surface area is 167 Å². The van der Waals surface area contributed by atoms with Gasteiger partial charge in [-0.1, -0.05) is 18.2 Å². The Morgan fingerprint density at radius 2 is 1.61 bits per heavy atom. The van der Waals surface area contributed by atoms with Crippen molar-refractivity contribution >= 4 is 22.7 Å². The van der Waals surface area contributed by atoms with Crippen LogP contribution in [0.25, 0.3) is 10.9 Å². The maximum atomic E-state index is 12.5. The SMILES string of the molecule is CN(C)CCNC(=O)C1CCC(C(=O)NCCc2c[nH]c3ccccc23)CC1. The van der Waals surface area contributed by atoms with E-state index in [0.717, 1.165) is 44.2 Å². The maximum Gasteiger partial charge on any atom is 0.223 e. The molecule has 2 aromatic rings. The summed E-state index contributed by atoms with van der Waals surface area (Å²) in [6.45, 7) is 2.17. The van der Waals surface area contributed by atoms with Gasteiger partial charge >= 0.3 is 0 Å². The third-order valence-electron chi connectivity index (χ3n) is 5.70. The number of amides is 2. The number of likely N-dealkylation sites (N-methyl/N-ethyl adjacent to an activating group) is 1. The van der Waals surface area contributed by atoms with E-state index in [4.69, 9.17) is 0 Å². The number of hydrogen-bond acceptors (Lipinski definition) is 3. The Hall–Kier alpha value is -2.34. The van der Waals surface area contributed by atoms with E-state index in [1.807, 2.05) is 32.4 Å². The van der Waals surface area contributed by atoms with Crippen LogP contribution in [0.1, 0.15) is 31.2 Å². The average molecular weight is 385 g/mol. The molecule has 1 aliphatic rings. The number of hydrogen-bond donors (Lipinski definition) is 3. The van der Waals surface area contributed by atoms with E-state index in [1.165, 1.54) is 10.9 Å². The standard InChI is InChI=1S/C22H32N4O2/c1-26(2)14-13-24-22(28)17-9-7-16(8-10-17)21(27)23-12-11-18-15-25-20-6-4-3-5-19(18)20/h3-6,15-17,25H,7-14H2,1-2H3,(H,23,27)(H,24,28). The van der Waals surface area contributed by atoms with Crippen molar-refractivity contribution in [3.8, 4) is 0 Å². The molecule has 1 aromatic carbocycles. The molecule has 0 unspecified atom stereocenters. The summed E-state index contributed by atoms with van der Waals surface area (Å²) in [5.74, 6) is 0.359. The molecule has 0 aliphatic heterocycles. The van der Waals surface area contributed by atoms with E-state index in [-0.39, 0.29) is 23.7 Å². The summed E-state index contributed by atoms with van der Waals surface area (Å²) in [6, 6.07) is 8.22. The van der Waals surface area contributed by atoms with Crippen LogP contribution in [0.5, 0.6) is 0 Å². The van der Waals surface area contributed by atoms with Gasteiger partial charge < -0.3 is 20.5 Å². The van der Waals surface area contributed by atoms with E-state index in [1.54, 1.807) is 0 Å². The highest BCUT2D eigenvalue weighted by molar-refractivity contribution is 5.83. The molecule has 152 valence electrons. The highest BCUT2D eigenvalue weighted by Gasteiger charge is 2.29. The summed E-state index contributed by atoms with van der Waals surface area (Å²) in [4.78, 5) is 30.0. The second-order valence-corrected chi connectivity index (χ2v) is 8.04. The van der Waals surface area contributed by atoms with Crippen molar-refractivity contribution in [3.05, 3.63) is 36.0 Å². The molecule has 1 fully saturated rings. The van der Waals surface area contributed by atoms with Gasteiger partial charge in [0.05, 0.1) is 0 Å². The zero-order valence-corrected chi connectivity index (χ0v) is 17.0. The largest absolute Gasteiger partial charge is 0.361 e. The van der Waals surface area contributed by atoms with Crippen molar-refractivity contribution < 1.29 is 9.59 Å². The summed E-state index contributed by atoms with van der Waals surface area (Å²) < 4.78 is 0. The van der Waals surface area contributed by atoms with Gasteiger partial charge in [0.15, 0.2) is 0 Å². The van der Waals surface area contributed by atoms with Crippen LogP contribution in [0, 0.1) is 11.8 Å². The Morgan fingerprint density at radius 3 is 2.25 bits per heavy atom. The predicted molar refractivity (Wildman–Crippen MR) is 112 cm³/mol. The molecule has 0 saturated heterocycles. The molecule has 6 nitrogen and oxygen atoms in total. The second kappa shape index (κ2) is 9.73. The first-order chi connectivity index (χ1) is 13.5. The van der Waals surface area contributed by atoms with Gasteiger partial charge in [0, 0.05) is 48.6 Å². The molecule has 0 bridgehead atoms. The highest BCUT2D eigenvalue weighted by atomic mass is 16.2. The fourth-order valence-electron chi connectivity index (χ4n) is 3.97. The Kier molecular flexibility index (Phi) is 7.09. The van der Waals surface area contributed by atoms with Crippen LogP contribution in [0.3, 0.4) is 0 Å². The third kappa shape index (κ3) is 5.35. The maximum absolute atomic E-state index is 12.5. The van der Waals surface area contributed by atoms with Crippen molar-refractivity contribution in [3.63, 3.8) is 0 Å². The van der Waals surface area contributed by atoms with Crippen molar-refractivity contribution in [2.75, 3.05) is 33.7 Å². The van der Waals surface area contributed by atoms with Crippen LogP contribution in [0.2, 0.25) is 0 Å². The molecular weight excluding hydrogens is 352 g/mol. The predicted octanol–water partition coefficient (Wildman–Crippen LogP) is 2.31. The minimum Gasteiger partial charge on any atom is -0.361 e. The summed E-state index contributed by atoms with van der Waals surface area (Å²) in [7, 11) is 3.99. The minimum atomic E-state index is 0.0359. The molecule has 0 radical (unpaired) electrons. The zero-order chi connectivity index (χ0) is 19.9. The van der Waals surface area contributed by atoms with Crippen LogP contribution >= 0.6 is 0 Å². The van der Waals surface area contributed by atoms with Gasteiger partial charge in [-0.05, 0) is 57.8 Å². The molecule has 1 saturated carbocycles. The topological polar surface area (TPSA) is 77.2 Å². The van der Waals surface area contributed by atoms with Gasteiger partial charge in [0.25, 0.3) is 0 Å². The Balaban J connectivity index is 1.37. The van der Waals surface area contributed by atoms with E-state index in [9.17, 15) is 9.59 Å². The molecule has 28 heavy (non-hydrogen) atoms. The number of para-hydroxylation sites is 1. The molecule has 6 heteroatoms. The summed E-state index contributed by atoms with van der Waals surface area (Å²) in [5.41, 5.74) is 2.36.